The van der Waals surface area contributed by atoms with E-state index in [4.69, 9.17) is 4.52 Å². The molecular weight excluding hydrogens is 344 g/mol. The predicted molar refractivity (Wildman–Crippen MR) is 103 cm³/mol. The first kappa shape index (κ1) is 16.7. The lowest BCUT2D eigenvalue weighted by Gasteiger charge is -2.06. The maximum Gasteiger partial charge on any atom is 0.259 e. The van der Waals surface area contributed by atoms with E-state index < -0.39 is 0 Å². The van der Waals surface area contributed by atoms with E-state index in [9.17, 15) is 4.79 Å². The van der Waals surface area contributed by atoms with Crippen molar-refractivity contribution >= 4 is 27.9 Å². The van der Waals surface area contributed by atoms with Crippen LogP contribution >= 0.6 is 11.3 Å². The van der Waals surface area contributed by atoms with Gasteiger partial charge in [-0.1, -0.05) is 47.6 Å². The van der Waals surface area contributed by atoms with Crippen LogP contribution in [-0.2, 0) is 17.6 Å². The Balaban J connectivity index is 1.59. The fourth-order valence-electron chi connectivity index (χ4n) is 3.21. The van der Waals surface area contributed by atoms with E-state index in [0.29, 0.717) is 24.6 Å². The van der Waals surface area contributed by atoms with Gasteiger partial charge in [-0.15, -0.1) is 11.3 Å². The molecule has 0 spiro atoms. The van der Waals surface area contributed by atoms with Crippen LogP contribution < -0.4 is 0 Å². The number of hydrogen-bond acceptors (Lipinski definition) is 5. The summed E-state index contributed by atoms with van der Waals surface area (Å²) in [5.74, 6) is 1.27. The van der Waals surface area contributed by atoms with Crippen molar-refractivity contribution < 1.29 is 9.32 Å². The van der Waals surface area contributed by atoms with Gasteiger partial charge in [0.25, 0.3) is 5.89 Å². The van der Waals surface area contributed by atoms with Crippen LogP contribution in [-0.4, -0.2) is 15.9 Å². The summed E-state index contributed by atoms with van der Waals surface area (Å²) >= 11 is 1.57. The Morgan fingerprint density at radius 1 is 1.08 bits per heavy atom. The Morgan fingerprint density at radius 3 is 2.69 bits per heavy atom. The van der Waals surface area contributed by atoms with E-state index in [0.717, 1.165) is 32.3 Å². The molecule has 0 bridgehead atoms. The molecule has 26 heavy (non-hydrogen) atoms. The second-order valence-corrected chi connectivity index (χ2v) is 7.36. The lowest BCUT2D eigenvalue weighted by Crippen LogP contribution is -2.07. The van der Waals surface area contributed by atoms with Crippen molar-refractivity contribution in [2.24, 2.45) is 0 Å². The molecule has 2 aromatic heterocycles. The van der Waals surface area contributed by atoms with Crippen molar-refractivity contribution in [2.45, 2.75) is 26.7 Å². The summed E-state index contributed by atoms with van der Waals surface area (Å²) in [6.07, 6.45) is 0.791. The molecule has 0 N–H and O–H groups in total. The quantitative estimate of drug-likeness (QED) is 0.505. The third-order valence-corrected chi connectivity index (χ3v) is 5.52. The normalized spacial score (nSPS) is 11.2. The highest BCUT2D eigenvalue weighted by atomic mass is 32.1. The van der Waals surface area contributed by atoms with Crippen molar-refractivity contribution in [1.82, 2.24) is 10.1 Å². The third-order valence-electron chi connectivity index (χ3n) is 4.42. The van der Waals surface area contributed by atoms with Crippen LogP contribution in [0.4, 0.5) is 0 Å². The Kier molecular flexibility index (Phi) is 4.39. The molecule has 0 atom stereocenters. The molecule has 0 aliphatic heterocycles. The molecule has 2 heterocycles. The largest absolute Gasteiger partial charge is 0.334 e. The van der Waals surface area contributed by atoms with E-state index >= 15 is 0 Å². The molecular formula is C21H18N2O2S. The molecule has 4 nitrogen and oxygen atoms in total. The van der Waals surface area contributed by atoms with Crippen molar-refractivity contribution in [3.05, 3.63) is 69.7 Å². The second-order valence-electron chi connectivity index (χ2n) is 6.39. The van der Waals surface area contributed by atoms with Crippen molar-refractivity contribution in [2.75, 3.05) is 0 Å². The number of aryl methyl sites for hydroxylation is 2. The number of nitrogens with zero attached hydrogens (tertiary/aromatic N) is 2. The van der Waals surface area contributed by atoms with Crippen LogP contribution in [0, 0.1) is 13.8 Å². The van der Waals surface area contributed by atoms with Crippen LogP contribution in [0.2, 0.25) is 0 Å². The van der Waals surface area contributed by atoms with E-state index in [1.165, 1.54) is 0 Å². The zero-order valence-electron chi connectivity index (χ0n) is 14.7. The van der Waals surface area contributed by atoms with Gasteiger partial charge in [-0.25, -0.2) is 0 Å². The number of benzene rings is 2. The first-order chi connectivity index (χ1) is 12.6. The van der Waals surface area contributed by atoms with Gasteiger partial charge in [-0.2, -0.15) is 4.98 Å². The summed E-state index contributed by atoms with van der Waals surface area (Å²) in [7, 11) is 0. The van der Waals surface area contributed by atoms with Gasteiger partial charge in [-0.3, -0.25) is 4.79 Å². The SMILES string of the molecule is Cc1noc(-c2c(C)csc2CC(=O)Cc2cccc3ccccc23)n1. The standard InChI is InChI=1S/C21H18N2O2S/c1-13-12-26-19(20(13)21-22-14(2)23-25-21)11-17(24)10-16-8-5-7-15-6-3-4-9-18(15)16/h3-9,12H,10-11H2,1-2H3. The van der Waals surface area contributed by atoms with E-state index in [2.05, 4.69) is 28.3 Å². The number of carbonyl (C=O) groups is 1. The van der Waals surface area contributed by atoms with Crippen LogP contribution in [0.1, 0.15) is 21.8 Å². The van der Waals surface area contributed by atoms with E-state index in [-0.39, 0.29) is 5.78 Å². The van der Waals surface area contributed by atoms with Crippen molar-refractivity contribution in [1.29, 1.82) is 0 Å². The van der Waals surface area contributed by atoms with E-state index in [1.807, 2.05) is 36.6 Å². The summed E-state index contributed by atoms with van der Waals surface area (Å²) in [6, 6.07) is 14.3. The number of rotatable bonds is 5. The lowest BCUT2D eigenvalue weighted by molar-refractivity contribution is -0.117. The molecule has 0 saturated heterocycles. The monoisotopic (exact) mass is 362 g/mol. The predicted octanol–water partition coefficient (Wildman–Crippen LogP) is 4.92. The highest BCUT2D eigenvalue weighted by Crippen LogP contribution is 2.32. The van der Waals surface area contributed by atoms with Gasteiger partial charge < -0.3 is 4.52 Å². The summed E-state index contributed by atoms with van der Waals surface area (Å²) < 4.78 is 5.32. The Morgan fingerprint density at radius 2 is 1.88 bits per heavy atom. The van der Waals surface area contributed by atoms with Crippen LogP contribution in [0.25, 0.3) is 22.2 Å². The lowest BCUT2D eigenvalue weighted by atomic mass is 9.98. The summed E-state index contributed by atoms with van der Waals surface area (Å²) in [5.41, 5.74) is 3.03. The molecule has 5 heteroatoms. The topological polar surface area (TPSA) is 56.0 Å². The first-order valence-corrected chi connectivity index (χ1v) is 9.36. The van der Waals surface area contributed by atoms with Gasteiger partial charge in [0.15, 0.2) is 5.82 Å². The zero-order chi connectivity index (χ0) is 18.1. The van der Waals surface area contributed by atoms with Gasteiger partial charge in [0.05, 0.1) is 5.56 Å². The Bertz CT molecular complexity index is 1090. The van der Waals surface area contributed by atoms with Crippen LogP contribution in [0.5, 0.6) is 0 Å². The number of ketones is 1. The fourth-order valence-corrected chi connectivity index (χ4v) is 4.26. The number of aromatic nitrogens is 2. The van der Waals surface area contributed by atoms with Gasteiger partial charge in [0.1, 0.15) is 5.78 Å². The molecule has 2 aromatic carbocycles. The highest BCUT2D eigenvalue weighted by Gasteiger charge is 2.19. The minimum Gasteiger partial charge on any atom is -0.334 e. The number of hydrogen-bond donors (Lipinski definition) is 0. The molecule has 0 amide bonds. The Labute approximate surface area is 155 Å². The molecule has 0 fully saturated rings. The van der Waals surface area contributed by atoms with Gasteiger partial charge in [0.2, 0.25) is 0 Å². The number of fused-ring (bicyclic) bond motifs is 1. The van der Waals surface area contributed by atoms with Crippen LogP contribution in [0.15, 0.2) is 52.4 Å². The minimum absolute atomic E-state index is 0.181. The molecule has 0 saturated carbocycles. The third kappa shape index (κ3) is 3.18. The molecule has 4 aromatic rings. The average molecular weight is 362 g/mol. The van der Waals surface area contributed by atoms with Gasteiger partial charge in [-0.05, 0) is 41.1 Å². The summed E-state index contributed by atoms with van der Waals surface area (Å²) in [5, 5.41) is 8.20. The number of Topliss-reactive ketones (excluding diaryl/α,β-unsaturated/α-hetero) is 1. The molecule has 0 aliphatic carbocycles. The summed E-state index contributed by atoms with van der Waals surface area (Å²) in [6.45, 7) is 3.80. The zero-order valence-corrected chi connectivity index (χ0v) is 15.5. The van der Waals surface area contributed by atoms with Crippen molar-refractivity contribution in [3.63, 3.8) is 0 Å². The molecule has 0 aliphatic rings. The molecule has 130 valence electrons. The minimum atomic E-state index is 0.181. The van der Waals surface area contributed by atoms with Crippen molar-refractivity contribution in [3.8, 4) is 11.5 Å². The number of thiophene rings is 1. The maximum absolute atomic E-state index is 12.8. The average Bonchev–Trinajstić information content (AvgIpc) is 3.20. The molecule has 4 rings (SSSR count). The molecule has 0 unspecified atom stereocenters. The second kappa shape index (κ2) is 6.84. The Hall–Kier alpha value is -2.79. The van der Waals surface area contributed by atoms with Crippen LogP contribution in [0.3, 0.4) is 0 Å². The summed E-state index contributed by atoms with van der Waals surface area (Å²) in [4.78, 5) is 18.1. The fraction of sp³-hybridized carbons (Fsp3) is 0.190. The van der Waals surface area contributed by atoms with Gasteiger partial charge >= 0.3 is 0 Å². The van der Waals surface area contributed by atoms with Gasteiger partial charge in [0, 0.05) is 17.7 Å². The maximum atomic E-state index is 12.8. The molecule has 0 radical (unpaired) electrons. The highest BCUT2D eigenvalue weighted by molar-refractivity contribution is 7.10. The number of carbonyl (C=O) groups excluding carboxylic acids is 1. The van der Waals surface area contributed by atoms with E-state index in [1.54, 1.807) is 18.3 Å². The smallest absolute Gasteiger partial charge is 0.259 e. The first-order valence-electron chi connectivity index (χ1n) is 8.48.